The summed E-state index contributed by atoms with van der Waals surface area (Å²) in [7, 11) is 0. The number of phenols is 1. The molecule has 0 radical (unpaired) electrons. The van der Waals surface area contributed by atoms with E-state index in [-0.39, 0.29) is 23.7 Å². The Bertz CT molecular complexity index is 1770. The molecule has 1 fully saturated rings. The number of amides is 3. The Morgan fingerprint density at radius 3 is 2.32 bits per heavy atom. The topological polar surface area (TPSA) is 152 Å². The number of nitro groups is 1. The van der Waals surface area contributed by atoms with E-state index in [9.17, 15) is 34.4 Å². The van der Waals surface area contributed by atoms with Gasteiger partial charge in [-0.1, -0.05) is 59.5 Å². The molecule has 41 heavy (non-hydrogen) atoms. The van der Waals surface area contributed by atoms with Crippen LogP contribution in [0.3, 0.4) is 0 Å². The largest absolute Gasteiger partial charge is 0.508 e. The molecule has 1 aromatic heterocycles. The van der Waals surface area contributed by atoms with E-state index >= 15 is 0 Å². The number of fused-ring (bicyclic) bond motifs is 2. The third-order valence-electron chi connectivity index (χ3n) is 7.00. The molecule has 0 aliphatic carbocycles. The average Bonchev–Trinajstić information content (AvgIpc) is 3.40. The van der Waals surface area contributed by atoms with Gasteiger partial charge < -0.3 is 10.4 Å². The summed E-state index contributed by atoms with van der Waals surface area (Å²) in [6, 6.07) is 20.3. The quantitative estimate of drug-likeness (QED) is 0.195. The van der Waals surface area contributed by atoms with Crippen molar-refractivity contribution in [2.24, 2.45) is 5.92 Å². The summed E-state index contributed by atoms with van der Waals surface area (Å²) in [5, 5.41) is 24.1. The highest BCUT2D eigenvalue weighted by Crippen LogP contribution is 2.55. The summed E-state index contributed by atoms with van der Waals surface area (Å²) >= 11 is 1.91. The van der Waals surface area contributed by atoms with Crippen LogP contribution < -0.4 is 15.1 Å². The lowest BCUT2D eigenvalue weighted by Gasteiger charge is -2.31. The molecule has 3 unspecified atom stereocenters. The van der Waals surface area contributed by atoms with E-state index < -0.39 is 44.6 Å². The lowest BCUT2D eigenvalue weighted by molar-refractivity contribution is -0.384. The van der Waals surface area contributed by atoms with Crippen LogP contribution in [0.1, 0.15) is 16.4 Å². The summed E-state index contributed by atoms with van der Waals surface area (Å²) in [6.07, 6.45) is 0. The number of benzene rings is 3. The van der Waals surface area contributed by atoms with Crippen molar-refractivity contribution in [3.8, 4) is 5.75 Å². The fourth-order valence-corrected chi connectivity index (χ4v) is 7.95. The monoisotopic (exact) mass is 588 g/mol. The highest BCUT2D eigenvalue weighted by Gasteiger charge is 2.57. The second kappa shape index (κ2) is 10.3. The lowest BCUT2D eigenvalue weighted by Crippen LogP contribution is -2.33. The first-order valence-corrected chi connectivity index (χ1v) is 14.1. The molecule has 13 heteroatoms. The third-order valence-corrected chi connectivity index (χ3v) is 9.60. The maximum atomic E-state index is 13.9. The van der Waals surface area contributed by atoms with Gasteiger partial charge in [-0.15, -0.1) is 0 Å². The Hall–Kier alpha value is -4.75. The maximum Gasteiger partial charge on any atom is 0.308 e. The van der Waals surface area contributed by atoms with E-state index in [1.165, 1.54) is 34.9 Å². The highest BCUT2D eigenvalue weighted by molar-refractivity contribution is 8.00. The van der Waals surface area contributed by atoms with E-state index in [0.29, 0.717) is 21.2 Å². The van der Waals surface area contributed by atoms with E-state index in [1.807, 2.05) is 6.07 Å². The van der Waals surface area contributed by atoms with Gasteiger partial charge in [0.05, 0.1) is 21.6 Å². The van der Waals surface area contributed by atoms with Crippen molar-refractivity contribution >= 4 is 57.9 Å². The number of hydrogen-bond donors (Lipinski definition) is 2. The predicted octanol–water partition coefficient (Wildman–Crippen LogP) is 3.96. The second-order valence-electron chi connectivity index (χ2n) is 9.42. The minimum atomic E-state index is -0.966. The van der Waals surface area contributed by atoms with Crippen molar-refractivity contribution in [1.29, 1.82) is 0 Å². The SMILES string of the molecule is O=C(Cn1c2c(sc1=O)C(c1ccccc1O)C1C(=O)N(c3ccc([N+](=O)[O-])cc3)C(=O)C1S2)Nc1ccccc1. The van der Waals surface area contributed by atoms with Crippen molar-refractivity contribution in [3.63, 3.8) is 0 Å². The van der Waals surface area contributed by atoms with E-state index in [0.717, 1.165) is 28.0 Å². The summed E-state index contributed by atoms with van der Waals surface area (Å²) in [4.78, 5) is 65.3. The van der Waals surface area contributed by atoms with Gasteiger partial charge >= 0.3 is 4.87 Å². The van der Waals surface area contributed by atoms with E-state index in [1.54, 1.807) is 42.5 Å². The molecule has 11 nitrogen and oxygen atoms in total. The summed E-state index contributed by atoms with van der Waals surface area (Å²) < 4.78 is 1.29. The van der Waals surface area contributed by atoms with Crippen LogP contribution in [0.4, 0.5) is 17.1 Å². The molecular formula is C28H20N4O7S2. The Balaban J connectivity index is 1.42. The first kappa shape index (κ1) is 26.5. The third kappa shape index (κ3) is 4.58. The molecule has 1 saturated heterocycles. The molecule has 4 aromatic rings. The number of thioether (sulfide) groups is 1. The van der Waals surface area contributed by atoms with Gasteiger partial charge in [0.25, 0.3) is 5.69 Å². The number of aromatic hydroxyl groups is 1. The van der Waals surface area contributed by atoms with Crippen LogP contribution in [-0.2, 0) is 20.9 Å². The minimum Gasteiger partial charge on any atom is -0.508 e. The summed E-state index contributed by atoms with van der Waals surface area (Å²) in [5.41, 5.74) is 0.925. The van der Waals surface area contributed by atoms with Gasteiger partial charge in [-0.2, -0.15) is 0 Å². The van der Waals surface area contributed by atoms with E-state index in [4.69, 9.17) is 0 Å². The zero-order valence-corrected chi connectivity index (χ0v) is 22.6. The number of nitrogens with zero attached hydrogens (tertiary/aromatic N) is 3. The summed E-state index contributed by atoms with van der Waals surface area (Å²) in [5.74, 6) is -3.45. The number of nitro benzene ring substituents is 1. The van der Waals surface area contributed by atoms with Gasteiger partial charge in [0.2, 0.25) is 17.7 Å². The van der Waals surface area contributed by atoms with E-state index in [2.05, 4.69) is 5.32 Å². The van der Waals surface area contributed by atoms with Crippen LogP contribution >= 0.6 is 23.1 Å². The van der Waals surface area contributed by atoms with Crippen molar-refractivity contribution in [2.75, 3.05) is 10.2 Å². The number of carbonyl (C=O) groups excluding carboxylic acids is 3. The number of non-ortho nitro benzene ring substituents is 1. The van der Waals surface area contributed by atoms with Crippen molar-refractivity contribution < 1.29 is 24.4 Å². The molecule has 2 aliphatic rings. The molecule has 0 saturated carbocycles. The molecule has 0 spiro atoms. The normalized spacial score (nSPS) is 19.5. The van der Waals surface area contributed by atoms with Gasteiger partial charge in [-0.05, 0) is 30.3 Å². The number of thiazole rings is 1. The number of hydrogen-bond acceptors (Lipinski definition) is 9. The highest BCUT2D eigenvalue weighted by atomic mass is 32.2. The molecule has 2 N–H and O–H groups in total. The fourth-order valence-electron chi connectivity index (χ4n) is 5.18. The molecule has 3 atom stereocenters. The van der Waals surface area contributed by atoms with Crippen LogP contribution in [0.5, 0.6) is 5.75 Å². The molecule has 206 valence electrons. The molecule has 6 rings (SSSR count). The van der Waals surface area contributed by atoms with Gasteiger partial charge in [0, 0.05) is 34.2 Å². The molecule has 3 aromatic carbocycles. The molecule has 3 heterocycles. The number of imide groups is 1. The number of para-hydroxylation sites is 2. The minimum absolute atomic E-state index is 0.0997. The predicted molar refractivity (Wildman–Crippen MR) is 152 cm³/mol. The number of nitrogens with one attached hydrogen (secondary N) is 1. The molecular weight excluding hydrogens is 568 g/mol. The number of rotatable bonds is 6. The Morgan fingerprint density at radius 2 is 1.63 bits per heavy atom. The molecule has 3 amide bonds. The van der Waals surface area contributed by atoms with Crippen molar-refractivity contribution in [1.82, 2.24) is 4.57 Å². The van der Waals surface area contributed by atoms with Gasteiger partial charge in [0.15, 0.2) is 0 Å². The van der Waals surface area contributed by atoms with Crippen molar-refractivity contribution in [2.45, 2.75) is 22.7 Å². The number of aromatic nitrogens is 1. The molecule has 0 bridgehead atoms. The maximum absolute atomic E-state index is 13.9. The Morgan fingerprint density at radius 1 is 0.951 bits per heavy atom. The van der Waals surface area contributed by atoms with Crippen LogP contribution in [0.25, 0.3) is 0 Å². The standard InChI is InChI=1S/C28H20N4O7S2/c33-19-9-5-4-8-18(19)21-22-23(26(36)31(25(22)35)16-10-12-17(13-11-16)32(38)39)40-27-24(21)41-28(37)30(27)14-20(34)29-15-6-2-1-3-7-15/h1-13,21-23,33H,14H2,(H,29,34). The smallest absolute Gasteiger partial charge is 0.308 e. The first-order valence-electron chi connectivity index (χ1n) is 12.4. The fraction of sp³-hybridized carbons (Fsp3) is 0.143. The number of carbonyl (C=O) groups is 3. The zero-order chi connectivity index (χ0) is 28.8. The average molecular weight is 589 g/mol. The van der Waals surface area contributed by atoms with Crippen LogP contribution in [0.2, 0.25) is 0 Å². The van der Waals surface area contributed by atoms with Crippen LogP contribution in [0, 0.1) is 16.0 Å². The Labute approximate surface area is 240 Å². The van der Waals surface area contributed by atoms with Crippen molar-refractivity contribution in [3.05, 3.63) is 109 Å². The zero-order valence-electron chi connectivity index (χ0n) is 21.0. The van der Waals surface area contributed by atoms with Crippen LogP contribution in [-0.4, -0.2) is 37.6 Å². The number of phenolic OH excluding ortho intramolecular Hbond substituents is 1. The van der Waals surface area contributed by atoms with Gasteiger partial charge in [-0.25, -0.2) is 4.90 Å². The van der Waals surface area contributed by atoms with Crippen LogP contribution in [0.15, 0.2) is 88.7 Å². The Kier molecular flexibility index (Phi) is 6.67. The van der Waals surface area contributed by atoms with Gasteiger partial charge in [-0.3, -0.25) is 33.9 Å². The van der Waals surface area contributed by atoms with Gasteiger partial charge in [0.1, 0.15) is 17.5 Å². The lowest BCUT2D eigenvalue weighted by atomic mass is 9.82. The summed E-state index contributed by atoms with van der Waals surface area (Å²) in [6.45, 7) is -0.314. The second-order valence-corrected chi connectivity index (χ2v) is 11.5. The number of anilines is 2. The molecule has 2 aliphatic heterocycles. The first-order chi connectivity index (χ1) is 19.7.